The summed E-state index contributed by atoms with van der Waals surface area (Å²) in [5.41, 5.74) is -0.657. The summed E-state index contributed by atoms with van der Waals surface area (Å²) >= 11 is 0. The largest absolute Gasteiger partial charge is 0.478 e. The molecule has 0 aliphatic carbocycles. The second-order valence-electron chi connectivity index (χ2n) is 7.85. The van der Waals surface area contributed by atoms with E-state index >= 15 is 0 Å². The van der Waals surface area contributed by atoms with Crippen LogP contribution in [0.4, 0.5) is 24.5 Å². The highest BCUT2D eigenvalue weighted by Gasteiger charge is 2.33. The Morgan fingerprint density at radius 3 is 2.50 bits per heavy atom. The number of carboxylic acids is 1. The molecule has 0 unspecified atom stereocenters. The van der Waals surface area contributed by atoms with Gasteiger partial charge in [-0.15, -0.1) is 0 Å². The number of nitrogens with one attached hydrogen (secondary N) is 1. The zero-order chi connectivity index (χ0) is 23.7. The minimum absolute atomic E-state index is 0.0327. The predicted octanol–water partition coefficient (Wildman–Crippen LogP) is 5.15. The van der Waals surface area contributed by atoms with E-state index in [9.17, 15) is 31.5 Å². The van der Waals surface area contributed by atoms with E-state index in [1.165, 1.54) is 18.2 Å². The van der Waals surface area contributed by atoms with Crippen molar-refractivity contribution in [2.75, 3.05) is 16.2 Å². The monoisotopic (exact) mass is 470 g/mol. The van der Waals surface area contributed by atoms with Gasteiger partial charge in [0.1, 0.15) is 0 Å². The highest BCUT2D eigenvalue weighted by atomic mass is 32.2. The van der Waals surface area contributed by atoms with Crippen LogP contribution in [0, 0.1) is 0 Å². The van der Waals surface area contributed by atoms with Crippen molar-refractivity contribution >= 4 is 27.4 Å². The summed E-state index contributed by atoms with van der Waals surface area (Å²) in [5.74, 6) is -1.30. The number of sulfonamides is 1. The number of carboxylic acid groups (broad SMARTS) is 1. The average molecular weight is 471 g/mol. The maximum Gasteiger partial charge on any atom is 0.416 e. The Labute approximate surface area is 185 Å². The molecule has 3 rings (SSSR count). The molecule has 10 heteroatoms. The van der Waals surface area contributed by atoms with E-state index in [1.54, 1.807) is 6.92 Å². The van der Waals surface area contributed by atoms with Crippen molar-refractivity contribution in [3.05, 3.63) is 53.1 Å². The van der Waals surface area contributed by atoms with Crippen molar-refractivity contribution in [2.24, 2.45) is 0 Å². The number of rotatable bonds is 6. The molecule has 1 heterocycles. The number of piperidine rings is 1. The van der Waals surface area contributed by atoms with Crippen LogP contribution in [0.2, 0.25) is 0 Å². The maximum absolute atomic E-state index is 13.4. The number of hydrogen-bond donors (Lipinski definition) is 2. The van der Waals surface area contributed by atoms with Crippen LogP contribution in [-0.4, -0.2) is 32.1 Å². The first-order chi connectivity index (χ1) is 14.9. The van der Waals surface area contributed by atoms with E-state index in [0.29, 0.717) is 24.2 Å². The highest BCUT2D eigenvalue weighted by Crippen LogP contribution is 2.38. The third-order valence-electron chi connectivity index (χ3n) is 5.67. The van der Waals surface area contributed by atoms with Gasteiger partial charge in [0, 0.05) is 12.6 Å². The Bertz CT molecular complexity index is 1120. The molecule has 0 aromatic heterocycles. The van der Waals surface area contributed by atoms with Gasteiger partial charge in [-0.2, -0.15) is 13.2 Å². The highest BCUT2D eigenvalue weighted by molar-refractivity contribution is 7.92. The number of carbonyl (C=O) groups is 1. The molecule has 2 N–H and O–H groups in total. The summed E-state index contributed by atoms with van der Waals surface area (Å²) in [6.45, 7) is 4.25. The van der Waals surface area contributed by atoms with E-state index in [4.69, 9.17) is 0 Å². The summed E-state index contributed by atoms with van der Waals surface area (Å²) in [6, 6.07) is 6.78. The Morgan fingerprint density at radius 2 is 1.91 bits per heavy atom. The van der Waals surface area contributed by atoms with Gasteiger partial charge in [0.2, 0.25) is 0 Å². The smallest absolute Gasteiger partial charge is 0.416 e. The van der Waals surface area contributed by atoms with E-state index in [1.807, 2.05) is 11.8 Å². The predicted molar refractivity (Wildman–Crippen MR) is 116 cm³/mol. The Hall–Kier alpha value is -2.75. The molecule has 1 fully saturated rings. The lowest BCUT2D eigenvalue weighted by atomic mass is 10.0. The second kappa shape index (κ2) is 9.01. The first-order valence-electron chi connectivity index (χ1n) is 10.3. The number of alkyl halides is 3. The van der Waals surface area contributed by atoms with Crippen LogP contribution in [0.1, 0.15) is 54.6 Å². The summed E-state index contributed by atoms with van der Waals surface area (Å²) < 4.78 is 68.9. The van der Waals surface area contributed by atoms with Gasteiger partial charge in [0.25, 0.3) is 10.0 Å². The molecule has 1 aliphatic rings. The normalized spacial score (nSPS) is 17.3. The van der Waals surface area contributed by atoms with Crippen LogP contribution < -0.4 is 9.62 Å². The molecular weight excluding hydrogens is 445 g/mol. The third kappa shape index (κ3) is 5.01. The van der Waals surface area contributed by atoms with Crippen LogP contribution in [0.25, 0.3) is 0 Å². The van der Waals surface area contributed by atoms with Gasteiger partial charge in [-0.25, -0.2) is 13.2 Å². The van der Waals surface area contributed by atoms with E-state index in [2.05, 4.69) is 4.72 Å². The van der Waals surface area contributed by atoms with Gasteiger partial charge in [0.05, 0.1) is 27.4 Å². The molecule has 174 valence electrons. The van der Waals surface area contributed by atoms with Gasteiger partial charge in [0.15, 0.2) is 0 Å². The van der Waals surface area contributed by atoms with Crippen molar-refractivity contribution in [3.8, 4) is 0 Å². The number of anilines is 2. The Morgan fingerprint density at radius 1 is 1.19 bits per heavy atom. The van der Waals surface area contributed by atoms with Gasteiger partial charge in [-0.05, 0) is 68.5 Å². The van der Waals surface area contributed by atoms with E-state index in [0.717, 1.165) is 37.5 Å². The number of benzene rings is 2. The number of halogens is 3. The first kappa shape index (κ1) is 23.9. The Balaban J connectivity index is 2.12. The molecule has 6 nitrogen and oxygen atoms in total. The molecule has 32 heavy (non-hydrogen) atoms. The number of aromatic carboxylic acids is 1. The number of aryl methyl sites for hydroxylation is 1. The van der Waals surface area contributed by atoms with Gasteiger partial charge in [-0.3, -0.25) is 4.72 Å². The van der Waals surface area contributed by atoms with Crippen LogP contribution in [0.3, 0.4) is 0 Å². The molecule has 1 aliphatic heterocycles. The lowest BCUT2D eigenvalue weighted by Crippen LogP contribution is -2.38. The maximum atomic E-state index is 13.4. The SMILES string of the molecule is CCc1ccc(C(=O)O)cc1S(=O)(=O)Nc1cc(C(F)(F)F)ccc1N1CCCC[C@H]1C. The van der Waals surface area contributed by atoms with Crippen molar-refractivity contribution in [2.45, 2.75) is 56.6 Å². The number of hydrogen-bond acceptors (Lipinski definition) is 4. The van der Waals surface area contributed by atoms with Crippen molar-refractivity contribution < 1.29 is 31.5 Å². The first-order valence-corrected chi connectivity index (χ1v) is 11.8. The van der Waals surface area contributed by atoms with Crippen LogP contribution >= 0.6 is 0 Å². The molecule has 0 bridgehead atoms. The molecule has 0 radical (unpaired) electrons. The average Bonchev–Trinajstić information content (AvgIpc) is 2.73. The second-order valence-corrected chi connectivity index (χ2v) is 9.51. The van der Waals surface area contributed by atoms with Gasteiger partial charge in [-0.1, -0.05) is 13.0 Å². The lowest BCUT2D eigenvalue weighted by molar-refractivity contribution is -0.137. The van der Waals surface area contributed by atoms with Crippen molar-refractivity contribution in [3.63, 3.8) is 0 Å². The van der Waals surface area contributed by atoms with Crippen LogP contribution in [0.5, 0.6) is 0 Å². The van der Waals surface area contributed by atoms with Crippen molar-refractivity contribution in [1.29, 1.82) is 0 Å². The lowest BCUT2D eigenvalue weighted by Gasteiger charge is -2.36. The molecule has 1 saturated heterocycles. The fourth-order valence-electron chi connectivity index (χ4n) is 3.93. The van der Waals surface area contributed by atoms with E-state index < -0.39 is 27.7 Å². The third-order valence-corrected chi connectivity index (χ3v) is 7.11. The summed E-state index contributed by atoms with van der Waals surface area (Å²) in [7, 11) is -4.36. The molecule has 2 aromatic carbocycles. The fraction of sp³-hybridized carbons (Fsp3) is 0.409. The van der Waals surface area contributed by atoms with Gasteiger partial charge < -0.3 is 10.0 Å². The molecular formula is C22H25F3N2O4S. The summed E-state index contributed by atoms with van der Waals surface area (Å²) in [5, 5.41) is 9.25. The minimum atomic E-state index is -4.65. The van der Waals surface area contributed by atoms with Gasteiger partial charge >= 0.3 is 12.1 Å². The quantitative estimate of drug-likeness (QED) is 0.610. The Kier molecular flexibility index (Phi) is 6.73. The summed E-state index contributed by atoms with van der Waals surface area (Å²) in [4.78, 5) is 13.0. The molecule has 1 atom stereocenters. The van der Waals surface area contributed by atoms with Crippen LogP contribution in [0.15, 0.2) is 41.3 Å². The topological polar surface area (TPSA) is 86.7 Å². The fourth-order valence-corrected chi connectivity index (χ4v) is 5.33. The molecule has 2 aromatic rings. The summed E-state index contributed by atoms with van der Waals surface area (Å²) in [6.07, 6.45) is -1.67. The van der Waals surface area contributed by atoms with E-state index in [-0.39, 0.29) is 22.2 Å². The standard InChI is InChI=1S/C22H25F3N2O4S/c1-3-15-7-8-16(21(28)29)12-20(15)32(30,31)26-18-13-17(22(23,24)25)9-10-19(18)27-11-5-4-6-14(27)2/h7-10,12-14,26H,3-6,11H2,1-2H3,(H,28,29)/t14-/m1/s1. The van der Waals surface area contributed by atoms with Crippen LogP contribution in [-0.2, 0) is 22.6 Å². The van der Waals surface area contributed by atoms with Crippen molar-refractivity contribution in [1.82, 2.24) is 0 Å². The number of nitrogens with zero attached hydrogens (tertiary/aromatic N) is 1. The molecule has 0 amide bonds. The zero-order valence-corrected chi connectivity index (χ0v) is 18.6. The minimum Gasteiger partial charge on any atom is -0.478 e. The zero-order valence-electron chi connectivity index (χ0n) is 17.7. The molecule has 0 saturated carbocycles. The molecule has 0 spiro atoms.